The van der Waals surface area contributed by atoms with Gasteiger partial charge in [-0.3, -0.25) is 14.1 Å². The van der Waals surface area contributed by atoms with E-state index >= 15 is 0 Å². The molecular weight excluding hydrogens is 362 g/mol. The molecule has 0 spiro atoms. The number of nitrogens with zero attached hydrogens (tertiary/aromatic N) is 3. The first-order chi connectivity index (χ1) is 12.1. The van der Waals surface area contributed by atoms with Crippen LogP contribution < -0.4 is 0 Å². The molecule has 2 aromatic heterocycles. The van der Waals surface area contributed by atoms with E-state index in [1.165, 1.54) is 40.1 Å². The average Bonchev–Trinajstić information content (AvgIpc) is 3.22. The number of aryl methyl sites for hydroxylation is 2. The summed E-state index contributed by atoms with van der Waals surface area (Å²) in [5, 5.41) is 10.0. The summed E-state index contributed by atoms with van der Waals surface area (Å²) in [5.41, 5.74) is 2.72. The number of rotatable bonds is 2. The molecule has 0 aromatic carbocycles. The molecule has 25 heavy (non-hydrogen) atoms. The fraction of sp³-hybridized carbons (Fsp3) is 0.312. The zero-order valence-corrected chi connectivity index (χ0v) is 14.6. The summed E-state index contributed by atoms with van der Waals surface area (Å²) in [4.78, 5) is 31.4. The SMILES string of the molecule is O=C(O)OC1=CS[C@@H]2/C(=C\c3cn4c5c(sc4n3)CCCC5)C(=O)N12. The molecule has 4 heterocycles. The van der Waals surface area contributed by atoms with Crippen LogP contribution in [0.2, 0.25) is 0 Å². The minimum absolute atomic E-state index is 0.0737. The number of ether oxygens (including phenoxy) is 1. The predicted octanol–water partition coefficient (Wildman–Crippen LogP) is 3.07. The number of imidazole rings is 1. The molecule has 2 aromatic rings. The van der Waals surface area contributed by atoms with E-state index in [2.05, 4.69) is 14.1 Å². The summed E-state index contributed by atoms with van der Waals surface area (Å²) in [6, 6.07) is 0. The van der Waals surface area contributed by atoms with Crippen molar-refractivity contribution < 1.29 is 19.4 Å². The van der Waals surface area contributed by atoms with Crippen LogP contribution in [-0.4, -0.2) is 36.8 Å². The predicted molar refractivity (Wildman–Crippen MR) is 93.1 cm³/mol. The summed E-state index contributed by atoms with van der Waals surface area (Å²) >= 11 is 3.09. The van der Waals surface area contributed by atoms with Gasteiger partial charge in [0.15, 0.2) is 4.96 Å². The number of carbonyl (C=O) groups is 2. The lowest BCUT2D eigenvalue weighted by atomic mass is 10.0. The summed E-state index contributed by atoms with van der Waals surface area (Å²) in [6.45, 7) is 0. The van der Waals surface area contributed by atoms with Gasteiger partial charge in [-0.05, 0) is 31.8 Å². The van der Waals surface area contributed by atoms with Crippen molar-refractivity contribution in [2.45, 2.75) is 31.1 Å². The number of amides is 1. The second-order valence-corrected chi connectivity index (χ2v) is 8.10. The normalized spacial score (nSPS) is 23.4. The fourth-order valence-electron chi connectivity index (χ4n) is 3.46. The molecule has 0 unspecified atom stereocenters. The van der Waals surface area contributed by atoms with Gasteiger partial charge in [0.1, 0.15) is 5.37 Å². The summed E-state index contributed by atoms with van der Waals surface area (Å²) < 4.78 is 6.77. The van der Waals surface area contributed by atoms with Crippen molar-refractivity contribution >= 4 is 46.2 Å². The number of carboxylic acid groups (broad SMARTS) is 1. The average molecular weight is 375 g/mol. The van der Waals surface area contributed by atoms with Crippen LogP contribution in [0.3, 0.4) is 0 Å². The molecule has 3 aliphatic rings. The smallest absolute Gasteiger partial charge is 0.449 e. The Hall–Kier alpha value is -2.26. The highest BCUT2D eigenvalue weighted by atomic mass is 32.2. The van der Waals surface area contributed by atoms with Crippen molar-refractivity contribution in [3.8, 4) is 0 Å². The van der Waals surface area contributed by atoms with Gasteiger partial charge in [-0.25, -0.2) is 9.78 Å². The van der Waals surface area contributed by atoms with Gasteiger partial charge in [-0.1, -0.05) is 11.8 Å². The van der Waals surface area contributed by atoms with Crippen LogP contribution in [0.25, 0.3) is 11.0 Å². The van der Waals surface area contributed by atoms with E-state index < -0.39 is 6.16 Å². The molecule has 1 fully saturated rings. The molecule has 0 radical (unpaired) electrons. The summed E-state index contributed by atoms with van der Waals surface area (Å²) in [5.74, 6) is -0.162. The van der Waals surface area contributed by atoms with Crippen molar-refractivity contribution in [3.63, 3.8) is 0 Å². The summed E-state index contributed by atoms with van der Waals surface area (Å²) in [6.07, 6.45) is 7.01. The Morgan fingerprint density at radius 1 is 1.40 bits per heavy atom. The van der Waals surface area contributed by atoms with Gasteiger partial charge in [0.25, 0.3) is 5.91 Å². The molecule has 1 N–H and O–H groups in total. The van der Waals surface area contributed by atoms with Gasteiger partial charge in [-0.15, -0.1) is 11.3 Å². The van der Waals surface area contributed by atoms with Crippen molar-refractivity contribution in [2.24, 2.45) is 0 Å². The highest BCUT2D eigenvalue weighted by molar-refractivity contribution is 8.03. The fourth-order valence-corrected chi connectivity index (χ4v) is 5.70. The number of aromatic nitrogens is 2. The third-order valence-corrected chi connectivity index (χ3v) is 6.80. The minimum atomic E-state index is -1.42. The van der Waals surface area contributed by atoms with Crippen molar-refractivity contribution in [1.29, 1.82) is 0 Å². The van der Waals surface area contributed by atoms with E-state index in [-0.39, 0.29) is 17.2 Å². The van der Waals surface area contributed by atoms with Crippen LogP contribution in [0.4, 0.5) is 4.79 Å². The van der Waals surface area contributed by atoms with Gasteiger partial charge in [0.2, 0.25) is 5.88 Å². The van der Waals surface area contributed by atoms with E-state index in [1.807, 2.05) is 6.20 Å². The van der Waals surface area contributed by atoms with Crippen molar-refractivity contribution in [1.82, 2.24) is 14.3 Å². The zero-order chi connectivity index (χ0) is 17.1. The third kappa shape index (κ3) is 2.22. The zero-order valence-electron chi connectivity index (χ0n) is 13.0. The Kier molecular flexibility index (Phi) is 3.23. The quantitative estimate of drug-likeness (QED) is 0.493. The van der Waals surface area contributed by atoms with Crippen LogP contribution in [-0.2, 0) is 22.4 Å². The second-order valence-electron chi connectivity index (χ2n) is 6.08. The molecule has 9 heteroatoms. The van der Waals surface area contributed by atoms with Crippen LogP contribution >= 0.6 is 23.1 Å². The van der Waals surface area contributed by atoms with Crippen molar-refractivity contribution in [3.05, 3.63) is 39.3 Å². The lowest BCUT2D eigenvalue weighted by Crippen LogP contribution is -2.50. The van der Waals surface area contributed by atoms with Crippen LogP contribution in [0, 0.1) is 0 Å². The lowest BCUT2D eigenvalue weighted by Gasteiger charge is -2.36. The third-order valence-electron chi connectivity index (χ3n) is 4.58. The minimum Gasteiger partial charge on any atom is -0.449 e. The number of hydrogen-bond acceptors (Lipinski definition) is 6. The first-order valence-electron chi connectivity index (χ1n) is 7.93. The number of hydrogen-bond donors (Lipinski definition) is 1. The van der Waals surface area contributed by atoms with E-state index in [0.717, 1.165) is 23.5 Å². The summed E-state index contributed by atoms with van der Waals surface area (Å²) in [7, 11) is 0. The Morgan fingerprint density at radius 2 is 2.24 bits per heavy atom. The Balaban J connectivity index is 1.42. The molecule has 1 saturated heterocycles. The van der Waals surface area contributed by atoms with Gasteiger partial charge in [0, 0.05) is 22.2 Å². The molecule has 128 valence electrons. The van der Waals surface area contributed by atoms with E-state index in [4.69, 9.17) is 5.11 Å². The second kappa shape index (κ2) is 5.37. The maximum atomic E-state index is 12.3. The molecule has 0 bridgehead atoms. The molecule has 1 atom stereocenters. The largest absolute Gasteiger partial charge is 0.512 e. The van der Waals surface area contributed by atoms with Gasteiger partial charge in [0.05, 0.1) is 11.3 Å². The molecule has 7 nitrogen and oxygen atoms in total. The number of thioether (sulfide) groups is 1. The maximum Gasteiger partial charge on any atom is 0.512 e. The molecule has 2 aliphatic heterocycles. The van der Waals surface area contributed by atoms with Gasteiger partial charge in [-0.2, -0.15) is 0 Å². The topological polar surface area (TPSA) is 84.1 Å². The van der Waals surface area contributed by atoms with Crippen LogP contribution in [0.5, 0.6) is 0 Å². The van der Waals surface area contributed by atoms with Crippen LogP contribution in [0.1, 0.15) is 29.1 Å². The van der Waals surface area contributed by atoms with E-state index in [1.54, 1.807) is 22.8 Å². The maximum absolute atomic E-state index is 12.3. The number of thiazole rings is 1. The molecule has 1 amide bonds. The molecular formula is C16H13N3O4S2. The Bertz CT molecular complexity index is 987. The van der Waals surface area contributed by atoms with Crippen LogP contribution in [0.15, 0.2) is 23.1 Å². The van der Waals surface area contributed by atoms with Gasteiger partial charge < -0.3 is 9.84 Å². The molecule has 1 aliphatic carbocycles. The first-order valence-corrected chi connectivity index (χ1v) is 9.69. The number of fused-ring (bicyclic) bond motifs is 4. The number of carbonyl (C=O) groups excluding carboxylic acids is 1. The monoisotopic (exact) mass is 375 g/mol. The van der Waals surface area contributed by atoms with Crippen molar-refractivity contribution in [2.75, 3.05) is 0 Å². The Labute approximate surface area is 150 Å². The van der Waals surface area contributed by atoms with E-state index in [9.17, 15) is 9.59 Å². The molecule has 0 saturated carbocycles. The highest BCUT2D eigenvalue weighted by Gasteiger charge is 2.49. The highest BCUT2D eigenvalue weighted by Crippen LogP contribution is 2.45. The number of β-lactam (4-membered cyclic amide) rings is 1. The van der Waals surface area contributed by atoms with Gasteiger partial charge >= 0.3 is 6.16 Å². The first kappa shape index (κ1) is 15.0. The molecule has 5 rings (SSSR count). The Morgan fingerprint density at radius 3 is 3.08 bits per heavy atom. The lowest BCUT2D eigenvalue weighted by molar-refractivity contribution is -0.133. The standard InChI is InChI=1S/C16H13N3O4S2/c20-13-9(14-19(13)12(7-24-14)23-16(21)22)5-8-6-18-10-3-1-2-4-11(10)25-15(18)17-8/h5-7,14H,1-4H2,(H,21,22)/b9-5-/t14-/m1/s1. The van der Waals surface area contributed by atoms with E-state index in [0.29, 0.717) is 5.57 Å².